The molecule has 0 N–H and O–H groups in total. The zero-order chi connectivity index (χ0) is 21.1. The van der Waals surface area contributed by atoms with Gasteiger partial charge in [-0.2, -0.15) is 0 Å². The molecule has 0 bridgehead atoms. The number of thioether (sulfide) groups is 2. The molecule has 9 heteroatoms. The molecule has 0 saturated carbocycles. The SMILES string of the molecule is O=C(C1=CSC=CN1C(=O)CCCC1Cc2ccc([N+](=O)[O-])cc2C1)N1CCSC1. The number of nitro groups is 1. The quantitative estimate of drug-likeness (QED) is 0.488. The van der Waals surface area contributed by atoms with E-state index in [0.29, 0.717) is 23.9 Å². The highest BCUT2D eigenvalue weighted by Crippen LogP contribution is 2.33. The molecule has 1 saturated heterocycles. The molecule has 1 aliphatic carbocycles. The van der Waals surface area contributed by atoms with Crippen LogP contribution in [0, 0.1) is 16.0 Å². The number of benzene rings is 1. The standard InChI is InChI=1S/C21H23N3O4S2/c25-20(23-7-9-29-13-19(23)21(26)22-6-8-30-14-22)3-1-2-15-10-16-4-5-18(24(27)28)12-17(16)11-15/h4-5,7,9,12-13,15H,1-3,6,8,10-11,14H2. The molecule has 1 aromatic rings. The first-order valence-electron chi connectivity index (χ1n) is 10.0. The fourth-order valence-electron chi connectivity index (χ4n) is 4.12. The summed E-state index contributed by atoms with van der Waals surface area (Å²) in [6.07, 6.45) is 5.41. The van der Waals surface area contributed by atoms with Crippen molar-refractivity contribution in [2.24, 2.45) is 5.92 Å². The molecule has 2 amide bonds. The third kappa shape index (κ3) is 4.57. The monoisotopic (exact) mass is 445 g/mol. The van der Waals surface area contributed by atoms with E-state index in [-0.39, 0.29) is 22.4 Å². The molecule has 2 aliphatic heterocycles. The van der Waals surface area contributed by atoms with Crippen LogP contribution in [-0.4, -0.2) is 44.7 Å². The van der Waals surface area contributed by atoms with Crippen LogP contribution in [0.25, 0.3) is 0 Å². The summed E-state index contributed by atoms with van der Waals surface area (Å²) >= 11 is 3.13. The first-order chi connectivity index (χ1) is 14.5. The van der Waals surface area contributed by atoms with E-state index in [0.717, 1.165) is 43.5 Å². The zero-order valence-corrected chi connectivity index (χ0v) is 18.1. The highest BCUT2D eigenvalue weighted by Gasteiger charge is 2.29. The number of rotatable bonds is 6. The van der Waals surface area contributed by atoms with Crippen LogP contribution in [0.3, 0.4) is 0 Å². The topological polar surface area (TPSA) is 83.8 Å². The van der Waals surface area contributed by atoms with E-state index in [1.807, 2.05) is 11.5 Å². The van der Waals surface area contributed by atoms with Crippen LogP contribution in [0.2, 0.25) is 0 Å². The second-order valence-electron chi connectivity index (χ2n) is 7.67. The van der Waals surface area contributed by atoms with Crippen LogP contribution in [0.1, 0.15) is 30.4 Å². The average molecular weight is 446 g/mol. The van der Waals surface area contributed by atoms with Crippen molar-refractivity contribution in [3.8, 4) is 0 Å². The van der Waals surface area contributed by atoms with Gasteiger partial charge >= 0.3 is 0 Å². The number of amides is 2. The molecule has 4 rings (SSSR count). The maximum atomic E-state index is 12.8. The highest BCUT2D eigenvalue weighted by molar-refractivity contribution is 8.05. The summed E-state index contributed by atoms with van der Waals surface area (Å²) in [5, 5.41) is 14.5. The zero-order valence-electron chi connectivity index (χ0n) is 16.5. The highest BCUT2D eigenvalue weighted by atomic mass is 32.2. The molecular weight excluding hydrogens is 422 g/mol. The Labute approximate surface area is 183 Å². The summed E-state index contributed by atoms with van der Waals surface area (Å²) in [5.74, 6) is 1.86. The Balaban J connectivity index is 1.29. The number of fused-ring (bicyclic) bond motifs is 1. The van der Waals surface area contributed by atoms with Crippen molar-refractivity contribution in [1.29, 1.82) is 0 Å². The van der Waals surface area contributed by atoms with E-state index in [1.165, 1.54) is 22.2 Å². The Morgan fingerprint density at radius 2 is 2.07 bits per heavy atom. The molecule has 158 valence electrons. The number of carbonyl (C=O) groups excluding carboxylic acids is 2. The molecular formula is C21H23N3O4S2. The lowest BCUT2D eigenvalue weighted by Crippen LogP contribution is -2.38. The lowest BCUT2D eigenvalue weighted by molar-refractivity contribution is -0.384. The van der Waals surface area contributed by atoms with Gasteiger partial charge in [-0.25, -0.2) is 0 Å². The molecule has 7 nitrogen and oxygen atoms in total. The van der Waals surface area contributed by atoms with Crippen molar-refractivity contribution in [2.45, 2.75) is 32.1 Å². The Morgan fingerprint density at radius 1 is 1.23 bits per heavy atom. The maximum Gasteiger partial charge on any atom is 0.272 e. The van der Waals surface area contributed by atoms with Gasteiger partial charge in [0.15, 0.2) is 0 Å². The lowest BCUT2D eigenvalue weighted by Gasteiger charge is -2.26. The third-order valence-corrected chi connectivity index (χ3v) is 7.28. The van der Waals surface area contributed by atoms with Crippen LogP contribution in [-0.2, 0) is 22.4 Å². The van der Waals surface area contributed by atoms with E-state index >= 15 is 0 Å². The van der Waals surface area contributed by atoms with Gasteiger partial charge in [0.1, 0.15) is 5.70 Å². The van der Waals surface area contributed by atoms with Crippen LogP contribution < -0.4 is 0 Å². The van der Waals surface area contributed by atoms with Crippen LogP contribution in [0.4, 0.5) is 5.69 Å². The molecule has 3 aliphatic rings. The summed E-state index contributed by atoms with van der Waals surface area (Å²) in [7, 11) is 0. The van der Waals surface area contributed by atoms with E-state index < -0.39 is 0 Å². The second kappa shape index (κ2) is 9.26. The fourth-order valence-corrected chi connectivity index (χ4v) is 5.68. The third-order valence-electron chi connectivity index (χ3n) is 5.68. The molecule has 0 aromatic heterocycles. The molecule has 0 spiro atoms. The Hall–Kier alpha value is -2.26. The summed E-state index contributed by atoms with van der Waals surface area (Å²) in [6.45, 7) is 0.720. The number of non-ortho nitro benzene ring substituents is 1. The van der Waals surface area contributed by atoms with Crippen molar-refractivity contribution < 1.29 is 14.5 Å². The maximum absolute atomic E-state index is 12.8. The summed E-state index contributed by atoms with van der Waals surface area (Å²) in [4.78, 5) is 39.5. The second-order valence-corrected chi connectivity index (χ2v) is 9.53. The predicted molar refractivity (Wildman–Crippen MR) is 119 cm³/mol. The molecule has 0 radical (unpaired) electrons. The molecule has 2 heterocycles. The number of nitro benzene ring substituents is 1. The van der Waals surface area contributed by atoms with Gasteiger partial charge in [-0.1, -0.05) is 6.07 Å². The number of hydrogen-bond donors (Lipinski definition) is 0. The molecule has 1 unspecified atom stereocenters. The van der Waals surface area contributed by atoms with Gasteiger partial charge in [-0.05, 0) is 48.1 Å². The minimum atomic E-state index is -0.357. The van der Waals surface area contributed by atoms with Crippen molar-refractivity contribution in [1.82, 2.24) is 9.80 Å². The van der Waals surface area contributed by atoms with Gasteiger partial charge in [-0.15, -0.1) is 23.5 Å². The molecule has 30 heavy (non-hydrogen) atoms. The van der Waals surface area contributed by atoms with Crippen LogP contribution in [0.5, 0.6) is 0 Å². The smallest absolute Gasteiger partial charge is 0.272 e. The fraction of sp³-hybridized carbons (Fsp3) is 0.429. The van der Waals surface area contributed by atoms with E-state index in [4.69, 9.17) is 0 Å². The summed E-state index contributed by atoms with van der Waals surface area (Å²) in [5.41, 5.74) is 2.80. The largest absolute Gasteiger partial charge is 0.327 e. The van der Waals surface area contributed by atoms with Crippen molar-refractivity contribution in [2.75, 3.05) is 18.2 Å². The van der Waals surface area contributed by atoms with Crippen molar-refractivity contribution in [3.63, 3.8) is 0 Å². The van der Waals surface area contributed by atoms with Crippen molar-refractivity contribution >= 4 is 41.0 Å². The Bertz CT molecular complexity index is 925. The van der Waals surface area contributed by atoms with Crippen molar-refractivity contribution in [3.05, 3.63) is 62.2 Å². The predicted octanol–water partition coefficient (Wildman–Crippen LogP) is 3.90. The molecule has 1 aromatic carbocycles. The van der Waals surface area contributed by atoms with E-state index in [2.05, 4.69) is 0 Å². The first kappa shape index (κ1) is 21.0. The van der Waals surface area contributed by atoms with E-state index in [9.17, 15) is 19.7 Å². The van der Waals surface area contributed by atoms with Gasteiger partial charge in [0.2, 0.25) is 5.91 Å². The lowest BCUT2D eigenvalue weighted by atomic mass is 9.99. The first-order valence-corrected chi connectivity index (χ1v) is 12.1. The summed E-state index contributed by atoms with van der Waals surface area (Å²) < 4.78 is 0. The summed E-state index contributed by atoms with van der Waals surface area (Å²) in [6, 6.07) is 5.10. The molecule has 1 atom stereocenters. The number of hydrogen-bond acceptors (Lipinski definition) is 6. The Kier molecular flexibility index (Phi) is 6.48. The molecule has 1 fully saturated rings. The van der Waals surface area contributed by atoms with Gasteiger partial charge in [0, 0.05) is 42.5 Å². The van der Waals surface area contributed by atoms with Crippen LogP contribution in [0.15, 0.2) is 40.9 Å². The minimum Gasteiger partial charge on any atom is -0.327 e. The average Bonchev–Trinajstić information content (AvgIpc) is 3.42. The normalized spacial score (nSPS) is 20.3. The van der Waals surface area contributed by atoms with Gasteiger partial charge in [0.25, 0.3) is 11.6 Å². The number of carbonyl (C=O) groups is 2. The van der Waals surface area contributed by atoms with E-state index in [1.54, 1.807) is 40.4 Å². The number of nitrogens with zero attached hydrogens (tertiary/aromatic N) is 3. The van der Waals surface area contributed by atoms with Gasteiger partial charge in [-0.3, -0.25) is 24.6 Å². The van der Waals surface area contributed by atoms with Gasteiger partial charge in [0.05, 0.1) is 10.8 Å². The van der Waals surface area contributed by atoms with Gasteiger partial charge < -0.3 is 4.90 Å². The van der Waals surface area contributed by atoms with Crippen LogP contribution >= 0.6 is 23.5 Å². The minimum absolute atomic E-state index is 0.0656. The Morgan fingerprint density at radius 3 is 2.83 bits per heavy atom.